The summed E-state index contributed by atoms with van der Waals surface area (Å²) in [7, 11) is 0. The fourth-order valence-electron chi connectivity index (χ4n) is 5.23. The number of hydrogen-bond acceptors (Lipinski definition) is 5. The Hall–Kier alpha value is -4.48. The number of carbonyl (C=O) groups is 1. The van der Waals surface area contributed by atoms with Crippen molar-refractivity contribution in [2.24, 2.45) is 0 Å². The van der Waals surface area contributed by atoms with E-state index in [9.17, 15) is 4.79 Å². The molecule has 6 aromatic rings. The summed E-state index contributed by atoms with van der Waals surface area (Å²) < 4.78 is 1.96. The second-order valence-corrected chi connectivity index (χ2v) is 18.4. The minimum atomic E-state index is -0.424. The molecule has 0 spiro atoms. The maximum Gasteiger partial charge on any atom is 0.252 e. The maximum atomic E-state index is 10.5. The molecule has 0 saturated carbocycles. The lowest BCUT2D eigenvalue weighted by Gasteiger charge is -2.19. The van der Waals surface area contributed by atoms with Crippen LogP contribution >= 0.6 is 43.5 Å². The van der Waals surface area contributed by atoms with Crippen LogP contribution < -0.4 is 0 Å². The summed E-state index contributed by atoms with van der Waals surface area (Å²) >= 11 is 12.0. The molecule has 0 aliphatic carbocycles. The second kappa shape index (κ2) is 19.6. The number of rotatable bonds is 4. The van der Waals surface area contributed by atoms with Crippen molar-refractivity contribution < 1.29 is 4.79 Å². The van der Waals surface area contributed by atoms with Crippen molar-refractivity contribution in [1.29, 1.82) is 5.26 Å². The summed E-state index contributed by atoms with van der Waals surface area (Å²) in [6.07, 6.45) is 0. The van der Waals surface area contributed by atoms with Crippen LogP contribution in [-0.2, 0) is 16.2 Å². The van der Waals surface area contributed by atoms with Crippen LogP contribution in [0.4, 0.5) is 0 Å². The minimum absolute atomic E-state index is 0. The Morgan fingerprint density at radius 1 is 0.500 bits per heavy atom. The molecule has 0 atom stereocenters. The van der Waals surface area contributed by atoms with Crippen molar-refractivity contribution >= 4 is 48.7 Å². The molecule has 0 aliphatic heterocycles. The van der Waals surface area contributed by atoms with Crippen LogP contribution in [0.15, 0.2) is 130 Å². The van der Waals surface area contributed by atoms with Crippen LogP contribution in [0, 0.1) is 11.3 Å². The van der Waals surface area contributed by atoms with Gasteiger partial charge in [0.15, 0.2) is 17.5 Å². The maximum absolute atomic E-state index is 10.5. The Balaban J connectivity index is 0.000000298. The van der Waals surface area contributed by atoms with Gasteiger partial charge in [-0.25, -0.2) is 15.0 Å². The molecule has 0 unspecified atom stereocenters. The zero-order valence-electron chi connectivity index (χ0n) is 32.9. The molecular formula is C48H51Br2ClN4O. The van der Waals surface area contributed by atoms with E-state index < -0.39 is 5.24 Å². The van der Waals surface area contributed by atoms with Gasteiger partial charge in [0, 0.05) is 31.2 Å². The van der Waals surface area contributed by atoms with E-state index in [4.69, 9.17) is 31.8 Å². The number of nitrogens with zero attached hydrogens (tertiary/aromatic N) is 4. The predicted octanol–water partition coefficient (Wildman–Crippen LogP) is 14.6. The van der Waals surface area contributed by atoms with Gasteiger partial charge in [-0.05, 0) is 93.1 Å². The van der Waals surface area contributed by atoms with Gasteiger partial charge in [0.2, 0.25) is 0 Å². The fourth-order valence-corrected chi connectivity index (χ4v) is 5.88. The molecule has 0 N–H and O–H groups in total. The molecule has 0 amide bonds. The van der Waals surface area contributed by atoms with Crippen LogP contribution in [0.3, 0.4) is 0 Å². The van der Waals surface area contributed by atoms with Crippen molar-refractivity contribution in [1.82, 2.24) is 15.0 Å². The van der Waals surface area contributed by atoms with Gasteiger partial charge in [-0.15, -0.1) is 0 Å². The number of aromatic nitrogens is 3. The van der Waals surface area contributed by atoms with Crippen molar-refractivity contribution in [3.63, 3.8) is 0 Å². The summed E-state index contributed by atoms with van der Waals surface area (Å²) in [5.74, 6) is 2.03. The zero-order chi connectivity index (χ0) is 40.6. The Morgan fingerprint density at radius 2 is 0.768 bits per heavy atom. The average Bonchev–Trinajstić information content (AvgIpc) is 3.15. The van der Waals surface area contributed by atoms with Gasteiger partial charge >= 0.3 is 0 Å². The number of nitriles is 1. The van der Waals surface area contributed by atoms with Crippen LogP contribution in [0.5, 0.6) is 0 Å². The monoisotopic (exact) mass is 892 g/mol. The highest BCUT2D eigenvalue weighted by molar-refractivity contribution is 9.10. The highest BCUT2D eigenvalue weighted by atomic mass is 79.9. The molecule has 5 aromatic carbocycles. The highest BCUT2D eigenvalue weighted by Gasteiger charge is 2.17. The van der Waals surface area contributed by atoms with Crippen molar-refractivity contribution in [2.75, 3.05) is 0 Å². The molecule has 6 rings (SSSR count). The standard InChI is InChI=1S/C29H30BrN3.C11H13N.C7H4BrClO.CH4/c1-28(2,3)22-13-7-19(8-14-22)25-31-26(20-9-15-23(16-10-20)29(4,5)6)33-27(32-25)21-11-17-24(30)18-12-21;1-11(2,3)10-6-4-9(8-12)5-7-10;8-6-3-1-5(2-4-6)7(9)10;/h7-18H,1-6H3;4-7H,1-3H3;1-4H;1H4. The average molecular weight is 895 g/mol. The van der Waals surface area contributed by atoms with E-state index >= 15 is 0 Å². The first-order valence-corrected chi connectivity index (χ1v) is 19.9. The van der Waals surface area contributed by atoms with Gasteiger partial charge in [-0.3, -0.25) is 4.79 Å². The SMILES string of the molecule is C.CC(C)(C)c1ccc(-c2nc(-c3ccc(Br)cc3)nc(-c3ccc(C(C)(C)C)cc3)n2)cc1.CC(C)(C)c1ccc(C#N)cc1.O=C(Cl)c1ccc(Br)cc1. The molecule has 290 valence electrons. The van der Waals surface area contributed by atoms with E-state index in [0.29, 0.717) is 23.0 Å². The lowest BCUT2D eigenvalue weighted by molar-refractivity contribution is 0.108. The van der Waals surface area contributed by atoms with Crippen molar-refractivity contribution in [2.45, 2.75) is 86.0 Å². The third-order valence-electron chi connectivity index (χ3n) is 8.71. The van der Waals surface area contributed by atoms with Gasteiger partial charge < -0.3 is 0 Å². The van der Waals surface area contributed by atoms with E-state index in [1.165, 1.54) is 16.7 Å². The first-order chi connectivity index (χ1) is 25.7. The number of halogens is 3. The molecule has 56 heavy (non-hydrogen) atoms. The minimum Gasteiger partial charge on any atom is -0.276 e. The lowest BCUT2D eigenvalue weighted by Crippen LogP contribution is -2.10. The van der Waals surface area contributed by atoms with E-state index in [2.05, 4.69) is 149 Å². The summed E-state index contributed by atoms with van der Waals surface area (Å²) in [4.78, 5) is 25.1. The van der Waals surface area contributed by atoms with Crippen molar-refractivity contribution in [3.05, 3.63) is 158 Å². The van der Waals surface area contributed by atoms with Crippen LogP contribution in [-0.4, -0.2) is 20.2 Å². The van der Waals surface area contributed by atoms with Gasteiger partial charge in [-0.1, -0.05) is 174 Å². The van der Waals surface area contributed by atoms with Crippen LogP contribution in [0.2, 0.25) is 0 Å². The molecule has 5 nitrogen and oxygen atoms in total. The molecule has 1 aromatic heterocycles. The molecule has 0 fully saturated rings. The van der Waals surface area contributed by atoms with E-state index in [1.54, 1.807) is 24.3 Å². The fraction of sp³-hybridized carbons (Fsp3) is 0.271. The Kier molecular flexibility index (Phi) is 16.1. The van der Waals surface area contributed by atoms with Gasteiger partial charge in [0.25, 0.3) is 5.24 Å². The normalized spacial score (nSPS) is 11.1. The summed E-state index contributed by atoms with van der Waals surface area (Å²) in [6.45, 7) is 19.8. The molecule has 8 heteroatoms. The van der Waals surface area contributed by atoms with Gasteiger partial charge in [-0.2, -0.15) is 5.26 Å². The quantitative estimate of drug-likeness (QED) is 0.165. The molecule has 1 heterocycles. The molecular weight excluding hydrogens is 844 g/mol. The summed E-state index contributed by atoms with van der Waals surface area (Å²) in [5, 5.41) is 8.16. The smallest absolute Gasteiger partial charge is 0.252 e. The van der Waals surface area contributed by atoms with E-state index in [0.717, 1.165) is 31.2 Å². The molecule has 0 radical (unpaired) electrons. The third kappa shape index (κ3) is 13.3. The lowest BCUT2D eigenvalue weighted by atomic mass is 9.86. The van der Waals surface area contributed by atoms with Crippen LogP contribution in [0.1, 0.15) is 102 Å². The number of benzene rings is 5. The molecule has 0 aliphatic rings. The summed E-state index contributed by atoms with van der Waals surface area (Å²) in [6, 6.07) is 41.9. The van der Waals surface area contributed by atoms with Crippen molar-refractivity contribution in [3.8, 4) is 40.2 Å². The number of hydrogen-bond donors (Lipinski definition) is 0. The Bertz CT molecular complexity index is 2150. The van der Waals surface area contributed by atoms with Crippen LogP contribution in [0.25, 0.3) is 34.2 Å². The summed E-state index contributed by atoms with van der Waals surface area (Å²) in [5.41, 5.74) is 8.37. The topological polar surface area (TPSA) is 79.5 Å². The highest BCUT2D eigenvalue weighted by Crippen LogP contribution is 2.30. The van der Waals surface area contributed by atoms with Gasteiger partial charge in [0.1, 0.15) is 0 Å². The largest absolute Gasteiger partial charge is 0.276 e. The van der Waals surface area contributed by atoms with E-state index in [1.807, 2.05) is 48.5 Å². The first kappa shape index (κ1) is 45.9. The molecule has 0 bridgehead atoms. The Labute approximate surface area is 355 Å². The van der Waals surface area contributed by atoms with E-state index in [-0.39, 0.29) is 23.7 Å². The predicted molar refractivity (Wildman–Crippen MR) is 242 cm³/mol. The first-order valence-electron chi connectivity index (χ1n) is 17.9. The van der Waals surface area contributed by atoms with Gasteiger partial charge in [0.05, 0.1) is 11.6 Å². The second-order valence-electron chi connectivity index (χ2n) is 16.2. The molecule has 0 saturated heterocycles. The number of carbonyl (C=O) groups excluding carboxylic acids is 1. The zero-order valence-corrected chi connectivity index (χ0v) is 36.8. The third-order valence-corrected chi connectivity index (χ3v) is 9.98. The Morgan fingerprint density at radius 3 is 1.04 bits per heavy atom.